The normalized spacial score (nSPS) is 17.2. The number of carbonyl (C=O) groups excluding carboxylic acids is 2. The molecule has 176 valence electrons. The van der Waals surface area contributed by atoms with Crippen LogP contribution < -0.4 is 5.32 Å². The molecule has 34 heavy (non-hydrogen) atoms. The van der Waals surface area contributed by atoms with Gasteiger partial charge < -0.3 is 19.7 Å². The molecule has 2 amide bonds. The van der Waals surface area contributed by atoms with E-state index in [-0.39, 0.29) is 11.8 Å². The summed E-state index contributed by atoms with van der Waals surface area (Å²) in [5.41, 5.74) is 4.01. The Bertz CT molecular complexity index is 1190. The number of amides is 2. The highest BCUT2D eigenvalue weighted by Gasteiger charge is 2.40. The molecule has 8 nitrogen and oxygen atoms in total. The zero-order valence-corrected chi connectivity index (χ0v) is 19.4. The Kier molecular flexibility index (Phi) is 5.93. The van der Waals surface area contributed by atoms with E-state index in [4.69, 9.17) is 14.6 Å². The van der Waals surface area contributed by atoms with Crippen molar-refractivity contribution < 1.29 is 19.1 Å². The molecule has 0 saturated carbocycles. The van der Waals surface area contributed by atoms with Crippen LogP contribution in [0.25, 0.3) is 16.8 Å². The lowest BCUT2D eigenvalue weighted by Gasteiger charge is -2.37. The third-order valence-electron chi connectivity index (χ3n) is 6.40. The summed E-state index contributed by atoms with van der Waals surface area (Å²) in [7, 11) is 0. The van der Waals surface area contributed by atoms with E-state index >= 15 is 0 Å². The molecule has 8 heteroatoms. The Morgan fingerprint density at radius 3 is 2.24 bits per heavy atom. The lowest BCUT2D eigenvalue weighted by Crippen LogP contribution is -2.47. The van der Waals surface area contributed by atoms with Crippen molar-refractivity contribution in [2.75, 3.05) is 31.6 Å². The van der Waals surface area contributed by atoms with Crippen LogP contribution in [0, 0.1) is 6.92 Å². The van der Waals surface area contributed by atoms with Crippen LogP contribution in [0.5, 0.6) is 0 Å². The second-order valence-corrected chi connectivity index (χ2v) is 8.71. The number of likely N-dealkylation sites (tertiary alicyclic amines) is 1. The first-order valence-electron chi connectivity index (χ1n) is 11.6. The highest BCUT2D eigenvalue weighted by Crippen LogP contribution is 2.34. The molecule has 2 fully saturated rings. The molecular formula is C26H28N4O4. The minimum atomic E-state index is -0.505. The average molecular weight is 461 g/mol. The minimum Gasteiger partial charge on any atom is -0.347 e. The molecule has 1 aromatic heterocycles. The van der Waals surface area contributed by atoms with E-state index in [1.165, 1.54) is 6.92 Å². The largest absolute Gasteiger partial charge is 0.347 e. The van der Waals surface area contributed by atoms with Gasteiger partial charge in [0.15, 0.2) is 5.79 Å². The highest BCUT2D eigenvalue weighted by molar-refractivity contribution is 5.95. The van der Waals surface area contributed by atoms with Gasteiger partial charge in [0, 0.05) is 44.0 Å². The first-order valence-corrected chi connectivity index (χ1v) is 11.6. The van der Waals surface area contributed by atoms with Gasteiger partial charge in [0.25, 0.3) is 5.91 Å². The summed E-state index contributed by atoms with van der Waals surface area (Å²) in [4.78, 5) is 26.9. The van der Waals surface area contributed by atoms with Crippen molar-refractivity contribution >= 4 is 17.6 Å². The lowest BCUT2D eigenvalue weighted by atomic mass is 10.0. The van der Waals surface area contributed by atoms with Crippen LogP contribution in [0.4, 0.5) is 5.82 Å². The molecule has 5 rings (SSSR count). The molecule has 0 atom stereocenters. The minimum absolute atomic E-state index is 0.0110. The van der Waals surface area contributed by atoms with Gasteiger partial charge in [-0.25, -0.2) is 4.68 Å². The molecule has 0 bridgehead atoms. The fourth-order valence-corrected chi connectivity index (χ4v) is 4.71. The molecule has 3 heterocycles. The monoisotopic (exact) mass is 460 g/mol. The Balaban J connectivity index is 1.39. The topological polar surface area (TPSA) is 85.7 Å². The molecule has 2 aromatic carbocycles. The van der Waals surface area contributed by atoms with Crippen LogP contribution in [0.3, 0.4) is 0 Å². The smallest absolute Gasteiger partial charge is 0.253 e. The zero-order chi connectivity index (χ0) is 23.7. The standard InChI is InChI=1S/C26H28N4O4/c1-18-23(20-6-4-3-5-7-20)24(27-19(2)31)30(28-18)22-10-8-21(9-11-22)25(32)29-14-12-26(13-15-29)33-16-17-34-26/h3-11H,12-17H2,1-2H3,(H,27,31). The second kappa shape index (κ2) is 9.04. The quantitative estimate of drug-likeness (QED) is 0.640. The van der Waals surface area contributed by atoms with Crippen LogP contribution in [0.2, 0.25) is 0 Å². The Morgan fingerprint density at radius 2 is 1.62 bits per heavy atom. The van der Waals surface area contributed by atoms with Crippen LogP contribution in [0.15, 0.2) is 54.6 Å². The summed E-state index contributed by atoms with van der Waals surface area (Å²) in [5, 5.41) is 7.63. The highest BCUT2D eigenvalue weighted by atomic mass is 16.7. The van der Waals surface area contributed by atoms with Gasteiger partial charge in [-0.15, -0.1) is 0 Å². The van der Waals surface area contributed by atoms with Gasteiger partial charge in [-0.2, -0.15) is 5.10 Å². The van der Waals surface area contributed by atoms with Crippen molar-refractivity contribution in [2.24, 2.45) is 0 Å². The molecule has 3 aromatic rings. The van der Waals surface area contributed by atoms with Crippen molar-refractivity contribution in [3.8, 4) is 16.8 Å². The van der Waals surface area contributed by atoms with Gasteiger partial charge in [-0.3, -0.25) is 9.59 Å². The van der Waals surface area contributed by atoms with Crippen molar-refractivity contribution in [1.82, 2.24) is 14.7 Å². The fourth-order valence-electron chi connectivity index (χ4n) is 4.71. The Hall–Kier alpha value is -3.49. The number of piperidine rings is 1. The molecule has 0 aliphatic carbocycles. The lowest BCUT2D eigenvalue weighted by molar-refractivity contribution is -0.181. The SMILES string of the molecule is CC(=O)Nc1c(-c2ccccc2)c(C)nn1-c1ccc(C(=O)N2CCC3(CC2)OCCO3)cc1. The molecular weight excluding hydrogens is 432 g/mol. The maximum Gasteiger partial charge on any atom is 0.253 e. The van der Waals surface area contributed by atoms with Crippen molar-refractivity contribution in [3.05, 3.63) is 65.9 Å². The van der Waals surface area contributed by atoms with Gasteiger partial charge in [-0.05, 0) is 36.8 Å². The van der Waals surface area contributed by atoms with Gasteiger partial charge in [0.05, 0.1) is 24.6 Å². The van der Waals surface area contributed by atoms with Gasteiger partial charge in [0.2, 0.25) is 5.91 Å². The maximum absolute atomic E-state index is 13.1. The number of hydrogen-bond acceptors (Lipinski definition) is 5. The summed E-state index contributed by atoms with van der Waals surface area (Å²) < 4.78 is 13.2. The summed E-state index contributed by atoms with van der Waals surface area (Å²) >= 11 is 0. The van der Waals surface area contributed by atoms with Gasteiger partial charge >= 0.3 is 0 Å². The van der Waals surface area contributed by atoms with Crippen molar-refractivity contribution in [2.45, 2.75) is 32.5 Å². The van der Waals surface area contributed by atoms with Crippen molar-refractivity contribution in [3.63, 3.8) is 0 Å². The molecule has 0 radical (unpaired) electrons. The van der Waals surface area contributed by atoms with Crippen LogP contribution in [-0.4, -0.2) is 58.6 Å². The zero-order valence-electron chi connectivity index (χ0n) is 19.4. The predicted molar refractivity (Wildman–Crippen MR) is 128 cm³/mol. The molecule has 2 saturated heterocycles. The number of aryl methyl sites for hydroxylation is 1. The van der Waals surface area contributed by atoms with E-state index < -0.39 is 5.79 Å². The number of benzene rings is 2. The van der Waals surface area contributed by atoms with Gasteiger partial charge in [0.1, 0.15) is 5.82 Å². The number of nitrogens with one attached hydrogen (secondary N) is 1. The first-order chi connectivity index (χ1) is 16.5. The van der Waals surface area contributed by atoms with E-state index in [0.717, 1.165) is 22.5 Å². The van der Waals surface area contributed by atoms with Crippen LogP contribution in [-0.2, 0) is 14.3 Å². The molecule has 1 N–H and O–H groups in total. The first kappa shape index (κ1) is 22.3. The summed E-state index contributed by atoms with van der Waals surface area (Å²) in [6, 6.07) is 17.2. The van der Waals surface area contributed by atoms with E-state index in [1.807, 2.05) is 54.3 Å². The molecule has 0 unspecified atom stereocenters. The summed E-state index contributed by atoms with van der Waals surface area (Å²) in [6.45, 7) is 5.85. The third-order valence-corrected chi connectivity index (χ3v) is 6.40. The predicted octanol–water partition coefficient (Wildman–Crippen LogP) is 3.79. The average Bonchev–Trinajstić information content (AvgIpc) is 3.43. The number of anilines is 1. The number of aromatic nitrogens is 2. The number of carbonyl (C=O) groups is 2. The maximum atomic E-state index is 13.1. The van der Waals surface area contributed by atoms with E-state index in [2.05, 4.69) is 5.32 Å². The Labute approximate surface area is 198 Å². The number of hydrogen-bond donors (Lipinski definition) is 1. The summed E-state index contributed by atoms with van der Waals surface area (Å²) in [5.74, 6) is -0.0886. The second-order valence-electron chi connectivity index (χ2n) is 8.71. The third kappa shape index (κ3) is 4.22. The fraction of sp³-hybridized carbons (Fsp3) is 0.346. The molecule has 1 spiro atoms. The van der Waals surface area contributed by atoms with Gasteiger partial charge in [-0.1, -0.05) is 30.3 Å². The number of ether oxygens (including phenoxy) is 2. The Morgan fingerprint density at radius 1 is 0.971 bits per heavy atom. The van der Waals surface area contributed by atoms with E-state index in [0.29, 0.717) is 50.5 Å². The van der Waals surface area contributed by atoms with Crippen molar-refractivity contribution in [1.29, 1.82) is 0 Å². The molecule has 2 aliphatic rings. The molecule has 2 aliphatic heterocycles. The summed E-state index contributed by atoms with van der Waals surface area (Å²) in [6.07, 6.45) is 1.37. The van der Waals surface area contributed by atoms with E-state index in [1.54, 1.807) is 16.8 Å². The van der Waals surface area contributed by atoms with Crippen LogP contribution in [0.1, 0.15) is 35.8 Å². The van der Waals surface area contributed by atoms with Crippen LogP contribution >= 0.6 is 0 Å². The number of rotatable bonds is 4. The number of nitrogens with zero attached hydrogens (tertiary/aromatic N) is 3. The van der Waals surface area contributed by atoms with E-state index in [9.17, 15) is 9.59 Å².